The van der Waals surface area contributed by atoms with Crippen LogP contribution in [0.15, 0.2) is 72.9 Å². The van der Waals surface area contributed by atoms with Crippen molar-refractivity contribution in [3.05, 3.63) is 89.9 Å². The van der Waals surface area contributed by atoms with E-state index in [4.69, 9.17) is 4.98 Å². The monoisotopic (exact) mass is 470 g/mol. The van der Waals surface area contributed by atoms with E-state index < -0.39 is 17.2 Å². The van der Waals surface area contributed by atoms with Gasteiger partial charge in [-0.15, -0.1) is 0 Å². The fourth-order valence-corrected chi connectivity index (χ4v) is 4.31. The van der Waals surface area contributed by atoms with Crippen LogP contribution in [-0.4, -0.2) is 14.5 Å². The minimum Gasteiger partial charge on any atom is -0.296 e. The van der Waals surface area contributed by atoms with Crippen molar-refractivity contribution in [2.75, 3.05) is 0 Å². The first-order valence-corrected chi connectivity index (χ1v) is 11.1. The number of hydrogen-bond acceptors (Lipinski definition) is 3. The molecule has 7 heteroatoms. The molecule has 0 N–H and O–H groups in total. The Morgan fingerprint density at radius 1 is 0.829 bits per heavy atom. The van der Waals surface area contributed by atoms with Crippen LogP contribution in [0.2, 0.25) is 0 Å². The second kappa shape index (κ2) is 7.95. The Labute approximate surface area is 200 Å². The fourth-order valence-electron chi connectivity index (χ4n) is 4.31. The minimum absolute atomic E-state index is 0.599. The highest BCUT2D eigenvalue weighted by Gasteiger charge is 2.30. The number of fused-ring (bicyclic) bond motifs is 3. The predicted molar refractivity (Wildman–Crippen MR) is 130 cm³/mol. The number of halogens is 3. The van der Waals surface area contributed by atoms with Gasteiger partial charge >= 0.3 is 6.18 Å². The van der Waals surface area contributed by atoms with Crippen LogP contribution in [0.4, 0.5) is 13.2 Å². The molecule has 0 spiro atoms. The maximum Gasteiger partial charge on any atom is 0.416 e. The zero-order valence-electron chi connectivity index (χ0n) is 19.4. The molecule has 0 saturated heterocycles. The van der Waals surface area contributed by atoms with E-state index in [2.05, 4.69) is 11.1 Å². The molecular formula is C28H21F3N4. The third-order valence-electron chi connectivity index (χ3n) is 6.32. The molecule has 0 atom stereocenters. The maximum absolute atomic E-state index is 13.0. The molecule has 0 aliphatic carbocycles. The van der Waals surface area contributed by atoms with Crippen LogP contribution < -0.4 is 0 Å². The second-order valence-electron chi connectivity index (χ2n) is 9.08. The van der Waals surface area contributed by atoms with Gasteiger partial charge in [0.1, 0.15) is 11.3 Å². The SMILES string of the molecule is Cc1nc2cnc3ccc(-c4ccc(C(F)(F)F)cc4)cc3c2n1-c1ccc(C(C)(C)C#N)cc1. The summed E-state index contributed by atoms with van der Waals surface area (Å²) in [6.07, 6.45) is -2.65. The quantitative estimate of drug-likeness (QED) is 0.277. The highest BCUT2D eigenvalue weighted by Crippen LogP contribution is 2.34. The van der Waals surface area contributed by atoms with Crippen molar-refractivity contribution < 1.29 is 13.2 Å². The zero-order chi connectivity index (χ0) is 25.0. The van der Waals surface area contributed by atoms with Crippen molar-refractivity contribution in [1.29, 1.82) is 5.26 Å². The van der Waals surface area contributed by atoms with Crippen molar-refractivity contribution in [3.8, 4) is 22.9 Å². The number of nitriles is 1. The normalized spacial score (nSPS) is 12.3. The summed E-state index contributed by atoms with van der Waals surface area (Å²) in [5.74, 6) is 0.779. The molecule has 3 aromatic carbocycles. The number of aromatic nitrogens is 3. The van der Waals surface area contributed by atoms with Crippen molar-refractivity contribution in [3.63, 3.8) is 0 Å². The number of rotatable bonds is 3. The van der Waals surface area contributed by atoms with Gasteiger partial charge in [0.25, 0.3) is 0 Å². The summed E-state index contributed by atoms with van der Waals surface area (Å²) < 4.78 is 41.0. The van der Waals surface area contributed by atoms with Gasteiger partial charge in [0.2, 0.25) is 0 Å². The lowest BCUT2D eigenvalue weighted by molar-refractivity contribution is -0.137. The number of benzene rings is 3. The van der Waals surface area contributed by atoms with Crippen molar-refractivity contribution in [2.45, 2.75) is 32.4 Å². The van der Waals surface area contributed by atoms with Crippen LogP contribution in [0.5, 0.6) is 0 Å². The topological polar surface area (TPSA) is 54.5 Å². The average molecular weight is 470 g/mol. The van der Waals surface area contributed by atoms with Crippen molar-refractivity contribution >= 4 is 21.9 Å². The van der Waals surface area contributed by atoms with Crippen LogP contribution >= 0.6 is 0 Å². The van der Waals surface area contributed by atoms with Crippen LogP contribution in [0.1, 0.15) is 30.8 Å². The van der Waals surface area contributed by atoms with Gasteiger partial charge < -0.3 is 0 Å². The largest absolute Gasteiger partial charge is 0.416 e. The summed E-state index contributed by atoms with van der Waals surface area (Å²) in [4.78, 5) is 9.23. The molecule has 4 nitrogen and oxygen atoms in total. The standard InChI is InChI=1S/C28H21F3N4/c1-17-34-25-15-33-24-13-6-19(18-4-7-21(8-5-18)28(29,30)31)14-23(24)26(25)35(17)22-11-9-20(10-12-22)27(2,3)16-32/h4-15H,1-3H3. The molecule has 2 heterocycles. The first-order chi connectivity index (χ1) is 16.6. The fraction of sp³-hybridized carbons (Fsp3) is 0.179. The molecule has 5 aromatic rings. The van der Waals surface area contributed by atoms with Crippen molar-refractivity contribution in [2.24, 2.45) is 0 Å². The van der Waals surface area contributed by atoms with E-state index >= 15 is 0 Å². The molecule has 0 aliphatic rings. The molecule has 0 saturated carbocycles. The van der Waals surface area contributed by atoms with E-state index in [1.165, 1.54) is 12.1 Å². The lowest BCUT2D eigenvalue weighted by Gasteiger charge is -2.17. The van der Waals surface area contributed by atoms with Gasteiger partial charge in [0.15, 0.2) is 0 Å². The highest BCUT2D eigenvalue weighted by molar-refractivity contribution is 6.04. The number of imidazole rings is 1. The Morgan fingerprint density at radius 3 is 2.09 bits per heavy atom. The molecule has 0 unspecified atom stereocenters. The van der Waals surface area contributed by atoms with E-state index in [1.807, 2.05) is 67.8 Å². The molecule has 5 rings (SSSR count). The molecule has 0 bridgehead atoms. The Bertz CT molecular complexity index is 1600. The minimum atomic E-state index is -4.37. The lowest BCUT2D eigenvalue weighted by Crippen LogP contribution is -2.13. The Kier molecular flexibility index (Phi) is 5.13. The number of pyridine rings is 1. The molecule has 35 heavy (non-hydrogen) atoms. The number of aryl methyl sites for hydroxylation is 1. The van der Waals surface area contributed by atoms with Gasteiger partial charge in [0, 0.05) is 11.1 Å². The van der Waals surface area contributed by atoms with Gasteiger partial charge in [0.05, 0.1) is 34.3 Å². The Balaban J connectivity index is 1.67. The first kappa shape index (κ1) is 22.6. The van der Waals surface area contributed by atoms with Gasteiger partial charge in [-0.2, -0.15) is 18.4 Å². The first-order valence-electron chi connectivity index (χ1n) is 11.1. The van der Waals surface area contributed by atoms with E-state index in [0.29, 0.717) is 5.56 Å². The third kappa shape index (κ3) is 3.91. The number of nitrogens with zero attached hydrogens (tertiary/aromatic N) is 4. The van der Waals surface area contributed by atoms with Crippen molar-refractivity contribution in [1.82, 2.24) is 14.5 Å². The van der Waals surface area contributed by atoms with E-state index in [9.17, 15) is 18.4 Å². The molecule has 0 aliphatic heterocycles. The van der Waals surface area contributed by atoms with E-state index in [0.717, 1.165) is 56.7 Å². The zero-order valence-corrected chi connectivity index (χ0v) is 19.4. The summed E-state index contributed by atoms with van der Waals surface area (Å²) in [7, 11) is 0. The summed E-state index contributed by atoms with van der Waals surface area (Å²) in [6.45, 7) is 5.67. The van der Waals surface area contributed by atoms with Gasteiger partial charge in [-0.05, 0) is 73.9 Å². The van der Waals surface area contributed by atoms with E-state index in [-0.39, 0.29) is 0 Å². The predicted octanol–water partition coefficient (Wildman–Crippen LogP) is 7.37. The smallest absolute Gasteiger partial charge is 0.296 e. The number of hydrogen-bond donors (Lipinski definition) is 0. The summed E-state index contributed by atoms with van der Waals surface area (Å²) >= 11 is 0. The number of alkyl halides is 3. The summed E-state index contributed by atoms with van der Waals surface area (Å²) in [5, 5.41) is 10.3. The second-order valence-corrected chi connectivity index (χ2v) is 9.08. The van der Waals surface area contributed by atoms with Crippen LogP contribution in [0.3, 0.4) is 0 Å². The third-order valence-corrected chi connectivity index (χ3v) is 6.32. The molecule has 174 valence electrons. The van der Waals surface area contributed by atoms with E-state index in [1.54, 1.807) is 6.20 Å². The average Bonchev–Trinajstić information content (AvgIpc) is 3.19. The van der Waals surface area contributed by atoms with Crippen LogP contribution in [-0.2, 0) is 11.6 Å². The summed E-state index contributed by atoms with van der Waals surface area (Å²) in [6, 6.07) is 21.0. The molecule has 2 aromatic heterocycles. The Morgan fingerprint density at radius 2 is 1.46 bits per heavy atom. The van der Waals surface area contributed by atoms with Gasteiger partial charge in [-0.1, -0.05) is 30.3 Å². The Hall–Kier alpha value is -4.18. The van der Waals surface area contributed by atoms with Gasteiger partial charge in [-0.3, -0.25) is 9.55 Å². The molecule has 0 amide bonds. The molecular weight excluding hydrogens is 449 g/mol. The lowest BCUT2D eigenvalue weighted by atomic mass is 9.86. The highest BCUT2D eigenvalue weighted by atomic mass is 19.4. The van der Waals surface area contributed by atoms with Gasteiger partial charge in [-0.25, -0.2) is 4.98 Å². The maximum atomic E-state index is 13.0. The van der Waals surface area contributed by atoms with Crippen LogP contribution in [0, 0.1) is 18.3 Å². The summed E-state index contributed by atoms with van der Waals surface area (Å²) in [5.41, 5.74) is 4.36. The molecule has 0 fully saturated rings. The van der Waals surface area contributed by atoms with Crippen LogP contribution in [0.25, 0.3) is 38.8 Å². The molecule has 0 radical (unpaired) electrons.